The van der Waals surface area contributed by atoms with Gasteiger partial charge in [-0.1, -0.05) is 24.3 Å². The summed E-state index contributed by atoms with van der Waals surface area (Å²) in [5.74, 6) is 0. The fourth-order valence-electron chi connectivity index (χ4n) is 1.73. The minimum atomic E-state index is 0.415. The fraction of sp³-hybridized carbons (Fsp3) is 0.286. The second kappa shape index (κ2) is 4.81. The van der Waals surface area contributed by atoms with Crippen molar-refractivity contribution in [2.24, 2.45) is 0 Å². The Labute approximate surface area is 101 Å². The van der Waals surface area contributed by atoms with Crippen molar-refractivity contribution >= 4 is 11.3 Å². The molecule has 0 bridgehead atoms. The minimum absolute atomic E-state index is 0.415. The molecular formula is C14H17NS. The highest BCUT2D eigenvalue weighted by molar-refractivity contribution is 7.10. The van der Waals surface area contributed by atoms with E-state index in [1.165, 1.54) is 21.6 Å². The summed E-state index contributed by atoms with van der Waals surface area (Å²) in [5, 5.41) is 5.46. The molecule has 0 aliphatic rings. The summed E-state index contributed by atoms with van der Waals surface area (Å²) in [6.45, 7) is 4.31. The van der Waals surface area contributed by atoms with Crippen LogP contribution in [0.25, 0.3) is 11.1 Å². The quantitative estimate of drug-likeness (QED) is 0.841. The van der Waals surface area contributed by atoms with E-state index in [2.05, 4.69) is 54.9 Å². The zero-order valence-electron chi connectivity index (χ0n) is 9.95. The van der Waals surface area contributed by atoms with Crippen molar-refractivity contribution in [1.29, 1.82) is 0 Å². The Morgan fingerprint density at radius 3 is 2.31 bits per heavy atom. The lowest BCUT2D eigenvalue weighted by Crippen LogP contribution is -2.11. The van der Waals surface area contributed by atoms with E-state index in [0.717, 1.165) is 0 Å². The van der Waals surface area contributed by atoms with Crippen LogP contribution in [0, 0.1) is 6.92 Å². The molecule has 1 unspecified atom stereocenters. The van der Waals surface area contributed by atoms with Gasteiger partial charge in [0.15, 0.2) is 0 Å². The van der Waals surface area contributed by atoms with Gasteiger partial charge in [-0.15, -0.1) is 11.3 Å². The lowest BCUT2D eigenvalue weighted by atomic mass is 10.0. The van der Waals surface area contributed by atoms with E-state index in [9.17, 15) is 0 Å². The van der Waals surface area contributed by atoms with Gasteiger partial charge in [0.2, 0.25) is 0 Å². The van der Waals surface area contributed by atoms with Crippen LogP contribution in [-0.2, 0) is 0 Å². The van der Waals surface area contributed by atoms with Crippen LogP contribution < -0.4 is 5.32 Å². The number of hydrogen-bond acceptors (Lipinski definition) is 2. The van der Waals surface area contributed by atoms with Gasteiger partial charge in [0.05, 0.1) is 0 Å². The predicted molar refractivity (Wildman–Crippen MR) is 72.0 cm³/mol. The first-order valence-electron chi connectivity index (χ1n) is 5.53. The molecule has 0 saturated carbocycles. The Morgan fingerprint density at radius 1 is 1.12 bits per heavy atom. The van der Waals surface area contributed by atoms with Gasteiger partial charge in [-0.25, -0.2) is 0 Å². The maximum absolute atomic E-state index is 3.25. The normalized spacial score (nSPS) is 12.7. The highest BCUT2D eigenvalue weighted by Gasteiger charge is 2.03. The van der Waals surface area contributed by atoms with E-state index in [1.807, 2.05) is 7.05 Å². The molecule has 0 radical (unpaired) electrons. The third-order valence-corrected chi connectivity index (χ3v) is 3.77. The predicted octanol–water partition coefficient (Wildman–Crippen LogP) is 4.00. The minimum Gasteiger partial charge on any atom is -0.313 e. The monoisotopic (exact) mass is 231 g/mol. The highest BCUT2D eigenvalue weighted by atomic mass is 32.1. The van der Waals surface area contributed by atoms with Crippen molar-refractivity contribution < 1.29 is 0 Å². The van der Waals surface area contributed by atoms with E-state index in [0.29, 0.717) is 6.04 Å². The molecule has 0 amide bonds. The van der Waals surface area contributed by atoms with E-state index < -0.39 is 0 Å². The van der Waals surface area contributed by atoms with Crippen molar-refractivity contribution in [3.05, 3.63) is 46.2 Å². The van der Waals surface area contributed by atoms with Crippen molar-refractivity contribution in [1.82, 2.24) is 5.32 Å². The molecule has 2 rings (SSSR count). The molecule has 0 aliphatic carbocycles. The standard InChI is InChI=1S/C14H17NS/c1-10-8-14(9-16-10)13-6-4-12(5-7-13)11(2)15-3/h4-9,11,15H,1-3H3. The maximum Gasteiger partial charge on any atom is 0.0289 e. The number of rotatable bonds is 3. The van der Waals surface area contributed by atoms with Gasteiger partial charge >= 0.3 is 0 Å². The Morgan fingerprint density at radius 2 is 1.81 bits per heavy atom. The number of aryl methyl sites for hydroxylation is 1. The lowest BCUT2D eigenvalue weighted by Gasteiger charge is -2.10. The van der Waals surface area contributed by atoms with Crippen LogP contribution in [0.15, 0.2) is 35.7 Å². The summed E-state index contributed by atoms with van der Waals surface area (Å²) in [5.41, 5.74) is 3.96. The lowest BCUT2D eigenvalue weighted by molar-refractivity contribution is 0.652. The van der Waals surface area contributed by atoms with Crippen LogP contribution in [0.3, 0.4) is 0 Å². The molecule has 0 aliphatic heterocycles. The highest BCUT2D eigenvalue weighted by Crippen LogP contribution is 2.26. The van der Waals surface area contributed by atoms with Gasteiger partial charge < -0.3 is 5.32 Å². The van der Waals surface area contributed by atoms with Gasteiger partial charge in [-0.3, -0.25) is 0 Å². The second-order valence-corrected chi connectivity index (χ2v) is 5.19. The third kappa shape index (κ3) is 2.34. The van der Waals surface area contributed by atoms with E-state index in [1.54, 1.807) is 11.3 Å². The second-order valence-electron chi connectivity index (χ2n) is 4.08. The molecule has 2 heteroatoms. The van der Waals surface area contributed by atoms with Crippen molar-refractivity contribution in [3.8, 4) is 11.1 Å². The first kappa shape index (κ1) is 11.4. The Kier molecular flexibility index (Phi) is 3.42. The summed E-state index contributed by atoms with van der Waals surface area (Å²) in [6, 6.07) is 11.4. The average Bonchev–Trinajstić information content (AvgIpc) is 2.75. The number of hydrogen-bond donors (Lipinski definition) is 1. The maximum atomic E-state index is 3.25. The van der Waals surface area contributed by atoms with Crippen molar-refractivity contribution in [2.75, 3.05) is 7.05 Å². The molecule has 84 valence electrons. The molecule has 1 aromatic heterocycles. The molecule has 1 atom stereocenters. The Balaban J connectivity index is 2.25. The van der Waals surface area contributed by atoms with Crippen LogP contribution >= 0.6 is 11.3 Å². The summed E-state index contributed by atoms with van der Waals surface area (Å²) in [4.78, 5) is 1.36. The summed E-state index contributed by atoms with van der Waals surface area (Å²) >= 11 is 1.80. The molecule has 16 heavy (non-hydrogen) atoms. The van der Waals surface area contributed by atoms with E-state index >= 15 is 0 Å². The number of thiophene rings is 1. The number of nitrogens with one attached hydrogen (secondary N) is 1. The van der Waals surface area contributed by atoms with Gasteiger partial charge in [0.25, 0.3) is 0 Å². The van der Waals surface area contributed by atoms with E-state index in [-0.39, 0.29) is 0 Å². The SMILES string of the molecule is CNC(C)c1ccc(-c2csc(C)c2)cc1. The van der Waals surface area contributed by atoms with Gasteiger partial charge in [-0.05, 0) is 49.0 Å². The summed E-state index contributed by atoms with van der Waals surface area (Å²) in [6.07, 6.45) is 0. The van der Waals surface area contributed by atoms with Crippen molar-refractivity contribution in [3.63, 3.8) is 0 Å². The van der Waals surface area contributed by atoms with Gasteiger partial charge in [0, 0.05) is 10.9 Å². The van der Waals surface area contributed by atoms with Crippen LogP contribution in [0.2, 0.25) is 0 Å². The fourth-order valence-corrected chi connectivity index (χ4v) is 2.44. The average molecular weight is 231 g/mol. The molecule has 1 aromatic carbocycles. The van der Waals surface area contributed by atoms with E-state index in [4.69, 9.17) is 0 Å². The van der Waals surface area contributed by atoms with Crippen LogP contribution in [0.1, 0.15) is 23.4 Å². The Hall–Kier alpha value is -1.12. The van der Waals surface area contributed by atoms with Gasteiger partial charge in [-0.2, -0.15) is 0 Å². The number of benzene rings is 1. The topological polar surface area (TPSA) is 12.0 Å². The largest absolute Gasteiger partial charge is 0.313 e. The van der Waals surface area contributed by atoms with Crippen LogP contribution in [-0.4, -0.2) is 7.05 Å². The van der Waals surface area contributed by atoms with Crippen LogP contribution in [0.5, 0.6) is 0 Å². The zero-order chi connectivity index (χ0) is 11.5. The summed E-state index contributed by atoms with van der Waals surface area (Å²) in [7, 11) is 1.99. The summed E-state index contributed by atoms with van der Waals surface area (Å²) < 4.78 is 0. The first-order chi connectivity index (χ1) is 7.70. The van der Waals surface area contributed by atoms with Crippen molar-refractivity contribution in [2.45, 2.75) is 19.9 Å². The molecule has 0 spiro atoms. The molecule has 0 fully saturated rings. The zero-order valence-corrected chi connectivity index (χ0v) is 10.8. The first-order valence-corrected chi connectivity index (χ1v) is 6.41. The molecule has 1 heterocycles. The molecule has 1 nitrogen and oxygen atoms in total. The Bertz CT molecular complexity index is 456. The molecule has 2 aromatic rings. The molecular weight excluding hydrogens is 214 g/mol. The third-order valence-electron chi connectivity index (χ3n) is 2.91. The molecule has 1 N–H and O–H groups in total. The molecule has 0 saturated heterocycles. The van der Waals surface area contributed by atoms with Crippen LogP contribution in [0.4, 0.5) is 0 Å². The van der Waals surface area contributed by atoms with Gasteiger partial charge in [0.1, 0.15) is 0 Å². The smallest absolute Gasteiger partial charge is 0.0289 e.